The Morgan fingerprint density at radius 3 is 2.22 bits per heavy atom. The molecular formula is C21H29NO. The molecule has 0 aliphatic rings. The highest BCUT2D eigenvalue weighted by molar-refractivity contribution is 5.46. The van der Waals surface area contributed by atoms with Crippen molar-refractivity contribution in [1.29, 1.82) is 0 Å². The van der Waals surface area contributed by atoms with Gasteiger partial charge in [-0.2, -0.15) is 0 Å². The molecule has 0 spiro atoms. The van der Waals surface area contributed by atoms with Crippen molar-refractivity contribution in [2.24, 2.45) is 0 Å². The van der Waals surface area contributed by atoms with Gasteiger partial charge in [-0.1, -0.05) is 69.4 Å². The van der Waals surface area contributed by atoms with Crippen molar-refractivity contribution >= 4 is 5.69 Å². The SMILES string of the molecule is CCCCCCCCNc1ccc(OCc2ccccc2)cc1. The van der Waals surface area contributed by atoms with Crippen LogP contribution in [0.2, 0.25) is 0 Å². The molecule has 0 aromatic heterocycles. The first-order valence-electron chi connectivity index (χ1n) is 8.89. The van der Waals surface area contributed by atoms with E-state index in [0.29, 0.717) is 6.61 Å². The standard InChI is InChI=1S/C21H29NO/c1-2-3-4-5-6-10-17-22-20-13-15-21(16-14-20)23-18-19-11-8-7-9-12-19/h7-9,11-16,22H,2-6,10,17-18H2,1H3. The smallest absolute Gasteiger partial charge is 0.119 e. The van der Waals surface area contributed by atoms with Crippen LogP contribution in [-0.4, -0.2) is 6.54 Å². The van der Waals surface area contributed by atoms with E-state index in [-0.39, 0.29) is 0 Å². The van der Waals surface area contributed by atoms with E-state index >= 15 is 0 Å². The van der Waals surface area contributed by atoms with Gasteiger partial charge in [-0.15, -0.1) is 0 Å². The average Bonchev–Trinajstić information content (AvgIpc) is 2.61. The molecule has 2 heteroatoms. The summed E-state index contributed by atoms with van der Waals surface area (Å²) in [6, 6.07) is 18.5. The second kappa shape index (κ2) is 10.7. The van der Waals surface area contributed by atoms with E-state index in [2.05, 4.69) is 36.5 Å². The van der Waals surface area contributed by atoms with E-state index in [1.807, 2.05) is 30.3 Å². The molecule has 0 heterocycles. The van der Waals surface area contributed by atoms with Crippen molar-refractivity contribution in [2.75, 3.05) is 11.9 Å². The summed E-state index contributed by atoms with van der Waals surface area (Å²) in [7, 11) is 0. The minimum Gasteiger partial charge on any atom is -0.489 e. The fourth-order valence-electron chi connectivity index (χ4n) is 2.55. The zero-order chi connectivity index (χ0) is 16.2. The fourth-order valence-corrected chi connectivity index (χ4v) is 2.55. The van der Waals surface area contributed by atoms with Gasteiger partial charge in [0.15, 0.2) is 0 Å². The van der Waals surface area contributed by atoms with Crippen molar-refractivity contribution in [2.45, 2.75) is 52.1 Å². The summed E-state index contributed by atoms with van der Waals surface area (Å²) in [5.74, 6) is 0.916. The second-order valence-corrected chi connectivity index (χ2v) is 5.99. The van der Waals surface area contributed by atoms with E-state index < -0.39 is 0 Å². The van der Waals surface area contributed by atoms with Gasteiger partial charge in [0.1, 0.15) is 12.4 Å². The lowest BCUT2D eigenvalue weighted by Gasteiger charge is -2.09. The van der Waals surface area contributed by atoms with E-state index in [1.54, 1.807) is 0 Å². The van der Waals surface area contributed by atoms with Crippen molar-refractivity contribution in [1.82, 2.24) is 0 Å². The Bertz CT molecular complexity index is 521. The van der Waals surface area contributed by atoms with Gasteiger partial charge in [-0.3, -0.25) is 0 Å². The summed E-state index contributed by atoms with van der Waals surface area (Å²) in [5.41, 5.74) is 2.36. The molecule has 0 saturated heterocycles. The Morgan fingerprint density at radius 1 is 0.783 bits per heavy atom. The summed E-state index contributed by atoms with van der Waals surface area (Å²) in [6.07, 6.45) is 8.00. The number of hydrogen-bond acceptors (Lipinski definition) is 2. The Hall–Kier alpha value is -1.96. The lowest BCUT2D eigenvalue weighted by Crippen LogP contribution is -2.01. The molecule has 0 saturated carbocycles. The maximum Gasteiger partial charge on any atom is 0.119 e. The van der Waals surface area contributed by atoms with Gasteiger partial charge < -0.3 is 10.1 Å². The van der Waals surface area contributed by atoms with Gasteiger partial charge in [-0.25, -0.2) is 0 Å². The molecule has 0 amide bonds. The molecule has 2 rings (SSSR count). The van der Waals surface area contributed by atoms with Crippen LogP contribution in [0, 0.1) is 0 Å². The highest BCUT2D eigenvalue weighted by atomic mass is 16.5. The topological polar surface area (TPSA) is 21.3 Å². The van der Waals surface area contributed by atoms with E-state index in [4.69, 9.17) is 4.74 Å². The molecule has 2 aromatic rings. The Morgan fingerprint density at radius 2 is 1.48 bits per heavy atom. The van der Waals surface area contributed by atoms with Gasteiger partial charge >= 0.3 is 0 Å². The number of unbranched alkanes of at least 4 members (excludes halogenated alkanes) is 5. The largest absolute Gasteiger partial charge is 0.489 e. The molecule has 0 aliphatic carbocycles. The maximum absolute atomic E-state index is 5.80. The summed E-state index contributed by atoms with van der Waals surface area (Å²) < 4.78 is 5.80. The van der Waals surface area contributed by atoms with Crippen LogP contribution in [0.5, 0.6) is 5.75 Å². The normalized spacial score (nSPS) is 10.5. The van der Waals surface area contributed by atoms with Crippen LogP contribution in [0.4, 0.5) is 5.69 Å². The van der Waals surface area contributed by atoms with Crippen LogP contribution in [0.15, 0.2) is 54.6 Å². The maximum atomic E-state index is 5.80. The summed E-state index contributed by atoms with van der Waals surface area (Å²) in [6.45, 7) is 3.93. The number of anilines is 1. The van der Waals surface area contributed by atoms with Crippen LogP contribution < -0.4 is 10.1 Å². The molecule has 0 atom stereocenters. The third-order valence-electron chi connectivity index (χ3n) is 3.96. The lowest BCUT2D eigenvalue weighted by atomic mass is 10.1. The molecule has 0 aliphatic heterocycles. The van der Waals surface area contributed by atoms with E-state index in [0.717, 1.165) is 12.3 Å². The second-order valence-electron chi connectivity index (χ2n) is 5.99. The Balaban J connectivity index is 1.62. The van der Waals surface area contributed by atoms with Gasteiger partial charge in [-0.05, 0) is 36.2 Å². The molecule has 2 nitrogen and oxygen atoms in total. The van der Waals surface area contributed by atoms with Crippen molar-refractivity contribution in [3.63, 3.8) is 0 Å². The van der Waals surface area contributed by atoms with Crippen LogP contribution >= 0.6 is 0 Å². The molecule has 0 bridgehead atoms. The lowest BCUT2D eigenvalue weighted by molar-refractivity contribution is 0.306. The summed E-state index contributed by atoms with van der Waals surface area (Å²) in [4.78, 5) is 0. The number of ether oxygens (including phenoxy) is 1. The molecule has 0 radical (unpaired) electrons. The van der Waals surface area contributed by atoms with Crippen molar-refractivity contribution in [3.8, 4) is 5.75 Å². The van der Waals surface area contributed by atoms with Crippen molar-refractivity contribution in [3.05, 3.63) is 60.2 Å². The number of rotatable bonds is 11. The Labute approximate surface area is 140 Å². The van der Waals surface area contributed by atoms with E-state index in [9.17, 15) is 0 Å². The van der Waals surface area contributed by atoms with Crippen LogP contribution in [0.3, 0.4) is 0 Å². The van der Waals surface area contributed by atoms with Crippen LogP contribution in [0.1, 0.15) is 51.0 Å². The summed E-state index contributed by atoms with van der Waals surface area (Å²) in [5, 5.41) is 3.48. The third-order valence-corrected chi connectivity index (χ3v) is 3.96. The zero-order valence-corrected chi connectivity index (χ0v) is 14.3. The molecular weight excluding hydrogens is 282 g/mol. The highest BCUT2D eigenvalue weighted by Gasteiger charge is 1.97. The first kappa shape index (κ1) is 17.4. The Kier molecular flexibility index (Phi) is 8.10. The molecule has 0 unspecified atom stereocenters. The van der Waals surface area contributed by atoms with Crippen LogP contribution in [-0.2, 0) is 6.61 Å². The van der Waals surface area contributed by atoms with Gasteiger partial charge in [0.2, 0.25) is 0 Å². The minimum absolute atomic E-state index is 0.616. The molecule has 124 valence electrons. The fraction of sp³-hybridized carbons (Fsp3) is 0.429. The van der Waals surface area contributed by atoms with E-state index in [1.165, 1.54) is 49.8 Å². The third kappa shape index (κ3) is 7.23. The molecule has 2 aromatic carbocycles. The zero-order valence-electron chi connectivity index (χ0n) is 14.3. The van der Waals surface area contributed by atoms with Crippen LogP contribution in [0.25, 0.3) is 0 Å². The number of hydrogen-bond donors (Lipinski definition) is 1. The first-order valence-corrected chi connectivity index (χ1v) is 8.89. The average molecular weight is 311 g/mol. The monoisotopic (exact) mass is 311 g/mol. The van der Waals surface area contributed by atoms with Gasteiger partial charge in [0.05, 0.1) is 0 Å². The van der Waals surface area contributed by atoms with Gasteiger partial charge in [0, 0.05) is 12.2 Å². The van der Waals surface area contributed by atoms with Crippen molar-refractivity contribution < 1.29 is 4.74 Å². The minimum atomic E-state index is 0.616. The quantitative estimate of drug-likeness (QED) is 0.511. The summed E-state index contributed by atoms with van der Waals surface area (Å²) >= 11 is 0. The first-order chi connectivity index (χ1) is 11.4. The highest BCUT2D eigenvalue weighted by Crippen LogP contribution is 2.17. The predicted molar refractivity (Wildman–Crippen MR) is 99.1 cm³/mol. The predicted octanol–water partition coefficient (Wildman–Crippen LogP) is 6.04. The number of nitrogens with one attached hydrogen (secondary N) is 1. The number of benzene rings is 2. The molecule has 23 heavy (non-hydrogen) atoms. The van der Waals surface area contributed by atoms with Gasteiger partial charge in [0.25, 0.3) is 0 Å². The molecule has 0 fully saturated rings. The molecule has 1 N–H and O–H groups in total.